The van der Waals surface area contributed by atoms with Gasteiger partial charge in [0.1, 0.15) is 0 Å². The average molecular weight is 170 g/mol. The first-order valence-electron chi connectivity index (χ1n) is 2.06. The van der Waals surface area contributed by atoms with Crippen molar-refractivity contribution in [2.45, 2.75) is 5.16 Å². The maximum atomic E-state index is 10.0. The van der Waals surface area contributed by atoms with Crippen molar-refractivity contribution in [1.29, 1.82) is 0 Å². The zero-order valence-corrected chi connectivity index (χ0v) is 8.05. The second kappa shape index (κ2) is 3.49. The Balaban J connectivity index is 0.000000810. The van der Waals surface area contributed by atoms with E-state index >= 15 is 0 Å². The van der Waals surface area contributed by atoms with Crippen molar-refractivity contribution in [2.24, 2.45) is 0 Å². The summed E-state index contributed by atoms with van der Waals surface area (Å²) in [6.45, 7) is 0. The topological polar surface area (TPSA) is 85.9 Å². The largest absolute Gasteiger partial charge is 1.00 e. The molecule has 0 aliphatic carbocycles. The molecule has 1 aromatic heterocycles. The number of hydrogen-bond acceptors (Lipinski definition) is 4. The Kier molecular flexibility index (Phi) is 3.54. The molecule has 1 N–H and O–H groups in total. The minimum Gasteiger partial charge on any atom is -0.742 e. The molecule has 0 saturated heterocycles. The maximum absolute atomic E-state index is 10.0. The van der Waals surface area contributed by atoms with Gasteiger partial charge < -0.3 is 9.54 Å². The van der Waals surface area contributed by atoms with E-state index in [0.717, 1.165) is 0 Å². The second-order valence-corrected chi connectivity index (χ2v) is 2.64. The van der Waals surface area contributed by atoms with Gasteiger partial charge in [0.05, 0.1) is 0 Å². The van der Waals surface area contributed by atoms with Crippen LogP contribution >= 0.6 is 0 Å². The number of H-pyrrole nitrogens is 1. The molecule has 5 nitrogen and oxygen atoms in total. The Labute approximate surface area is 79.9 Å². The van der Waals surface area contributed by atoms with Crippen LogP contribution in [0.15, 0.2) is 17.6 Å². The van der Waals surface area contributed by atoms with Crippen LogP contribution in [0.2, 0.25) is 0 Å². The standard InChI is InChI=1S/C3H4N2O3S.Na/c6-9(7,8)3-4-1-2-5-3;/h1-2H,(H,4,5)(H,6,7,8);/q;+1/p-1. The van der Waals surface area contributed by atoms with Crippen LogP contribution in [-0.4, -0.2) is 22.9 Å². The third-order valence-corrected chi connectivity index (χ3v) is 1.41. The van der Waals surface area contributed by atoms with Crippen molar-refractivity contribution >= 4 is 10.1 Å². The first-order valence-corrected chi connectivity index (χ1v) is 3.47. The van der Waals surface area contributed by atoms with E-state index in [2.05, 4.69) is 9.97 Å². The molecule has 1 rings (SSSR count). The third-order valence-electron chi connectivity index (χ3n) is 0.710. The molecule has 10 heavy (non-hydrogen) atoms. The number of rotatable bonds is 1. The Hall–Kier alpha value is 0.120. The Morgan fingerprint density at radius 1 is 1.60 bits per heavy atom. The number of hydrogen-bond donors (Lipinski definition) is 1. The summed E-state index contributed by atoms with van der Waals surface area (Å²) in [5.74, 6) is 0. The van der Waals surface area contributed by atoms with Gasteiger partial charge in [-0.05, 0) is 0 Å². The zero-order chi connectivity index (χ0) is 6.91. The van der Waals surface area contributed by atoms with Gasteiger partial charge in [-0.2, -0.15) is 0 Å². The molecule has 0 amide bonds. The summed E-state index contributed by atoms with van der Waals surface area (Å²) < 4.78 is 30.1. The predicted octanol–water partition coefficient (Wildman–Crippen LogP) is -3.68. The van der Waals surface area contributed by atoms with Crippen molar-refractivity contribution in [3.63, 3.8) is 0 Å². The molecule has 50 valence electrons. The fourth-order valence-corrected chi connectivity index (χ4v) is 0.790. The van der Waals surface area contributed by atoms with Crippen LogP contribution in [0.25, 0.3) is 0 Å². The molecular weight excluding hydrogens is 167 g/mol. The van der Waals surface area contributed by atoms with Crippen LogP contribution in [0.1, 0.15) is 0 Å². The molecule has 0 radical (unpaired) electrons. The summed E-state index contributed by atoms with van der Waals surface area (Å²) in [6, 6.07) is 0. The molecule has 0 aliphatic rings. The molecule has 0 aromatic carbocycles. The molecule has 0 spiro atoms. The Morgan fingerprint density at radius 2 is 2.20 bits per heavy atom. The zero-order valence-electron chi connectivity index (χ0n) is 5.23. The minimum absolute atomic E-state index is 0. The summed E-state index contributed by atoms with van der Waals surface area (Å²) in [5.41, 5.74) is 0. The molecule has 0 fully saturated rings. The normalized spacial score (nSPS) is 10.5. The van der Waals surface area contributed by atoms with Crippen LogP contribution in [0.3, 0.4) is 0 Å². The Bertz CT molecular complexity index is 279. The quantitative estimate of drug-likeness (QED) is 0.347. The number of aromatic nitrogens is 2. The van der Waals surface area contributed by atoms with Crippen LogP contribution in [-0.2, 0) is 10.1 Å². The Morgan fingerprint density at radius 3 is 2.40 bits per heavy atom. The van der Waals surface area contributed by atoms with Crippen LogP contribution in [0.4, 0.5) is 0 Å². The van der Waals surface area contributed by atoms with E-state index in [9.17, 15) is 13.0 Å². The van der Waals surface area contributed by atoms with E-state index in [4.69, 9.17) is 0 Å². The van der Waals surface area contributed by atoms with E-state index in [1.165, 1.54) is 12.4 Å². The van der Waals surface area contributed by atoms with Crippen molar-refractivity contribution in [1.82, 2.24) is 9.97 Å². The van der Waals surface area contributed by atoms with Crippen molar-refractivity contribution in [2.75, 3.05) is 0 Å². The average Bonchev–Trinajstić information content (AvgIpc) is 2.08. The van der Waals surface area contributed by atoms with Gasteiger partial charge in [0.2, 0.25) is 5.16 Å². The van der Waals surface area contributed by atoms with Crippen LogP contribution in [0.5, 0.6) is 0 Å². The summed E-state index contributed by atoms with van der Waals surface area (Å²) in [6.07, 6.45) is 2.47. The van der Waals surface area contributed by atoms with Gasteiger partial charge in [0, 0.05) is 12.4 Å². The number of imidazole rings is 1. The minimum atomic E-state index is -4.38. The number of nitrogens with one attached hydrogen (secondary N) is 1. The fourth-order valence-electron chi connectivity index (χ4n) is 0.388. The van der Waals surface area contributed by atoms with E-state index in [1.54, 1.807) is 0 Å². The van der Waals surface area contributed by atoms with Gasteiger partial charge >= 0.3 is 29.6 Å². The SMILES string of the molecule is O=S(=O)([O-])c1ncc[nH]1.[Na+]. The van der Waals surface area contributed by atoms with Crippen molar-refractivity contribution in [3.05, 3.63) is 12.4 Å². The third kappa shape index (κ3) is 2.39. The van der Waals surface area contributed by atoms with Gasteiger partial charge in [0.25, 0.3) is 0 Å². The van der Waals surface area contributed by atoms with Crippen molar-refractivity contribution < 1.29 is 42.5 Å². The van der Waals surface area contributed by atoms with E-state index in [0.29, 0.717) is 0 Å². The molecule has 0 saturated carbocycles. The molecule has 0 unspecified atom stereocenters. The molecule has 0 aliphatic heterocycles. The van der Waals surface area contributed by atoms with Gasteiger partial charge in [0.15, 0.2) is 10.1 Å². The van der Waals surface area contributed by atoms with Crippen LogP contribution in [0, 0.1) is 0 Å². The van der Waals surface area contributed by atoms with Gasteiger partial charge in [-0.25, -0.2) is 13.4 Å². The maximum Gasteiger partial charge on any atom is 1.00 e. The summed E-state index contributed by atoms with van der Waals surface area (Å²) in [5, 5.41) is -0.539. The molecule has 1 aromatic rings. The van der Waals surface area contributed by atoms with E-state index in [-0.39, 0.29) is 29.6 Å². The number of aromatic amines is 1. The molecular formula is C3H3N2NaO3S. The fraction of sp³-hybridized carbons (Fsp3) is 0. The van der Waals surface area contributed by atoms with Crippen molar-refractivity contribution in [3.8, 4) is 0 Å². The molecule has 1 heterocycles. The summed E-state index contributed by atoms with van der Waals surface area (Å²) >= 11 is 0. The first-order chi connectivity index (χ1) is 4.11. The van der Waals surface area contributed by atoms with E-state index in [1.807, 2.05) is 0 Å². The van der Waals surface area contributed by atoms with Gasteiger partial charge in [-0.15, -0.1) is 0 Å². The first kappa shape index (κ1) is 10.1. The summed E-state index contributed by atoms with van der Waals surface area (Å²) in [7, 11) is -4.38. The second-order valence-electron chi connectivity index (χ2n) is 1.35. The monoisotopic (exact) mass is 170 g/mol. The van der Waals surface area contributed by atoms with Gasteiger partial charge in [-0.1, -0.05) is 0 Å². The summed E-state index contributed by atoms with van der Waals surface area (Å²) in [4.78, 5) is 5.40. The van der Waals surface area contributed by atoms with E-state index < -0.39 is 15.3 Å². The molecule has 0 atom stereocenters. The molecule has 7 heteroatoms. The molecule has 0 bridgehead atoms. The van der Waals surface area contributed by atoms with Gasteiger partial charge in [-0.3, -0.25) is 0 Å². The van der Waals surface area contributed by atoms with Crippen LogP contribution < -0.4 is 29.6 Å². The smallest absolute Gasteiger partial charge is 0.742 e. The number of nitrogens with zero attached hydrogens (tertiary/aromatic N) is 1. The predicted molar refractivity (Wildman–Crippen MR) is 26.6 cm³/mol.